The van der Waals surface area contributed by atoms with Crippen LogP contribution in [0.25, 0.3) is 11.6 Å². The van der Waals surface area contributed by atoms with Gasteiger partial charge in [0.1, 0.15) is 30.0 Å². The monoisotopic (exact) mass is 661 g/mol. The first-order chi connectivity index (χ1) is 22.7. The van der Waals surface area contributed by atoms with Gasteiger partial charge in [0.05, 0.1) is 35.9 Å². The Kier molecular flexibility index (Phi) is 7.38. The van der Waals surface area contributed by atoms with Gasteiger partial charge >= 0.3 is 6.01 Å². The summed E-state index contributed by atoms with van der Waals surface area (Å²) in [6, 6.07) is 2.41. The number of nitrogen functional groups attached to an aromatic ring is 1. The molecular weight excluding hydrogens is 625 g/mol. The zero-order valence-electron chi connectivity index (χ0n) is 26.4. The second kappa shape index (κ2) is 11.5. The second-order valence-corrected chi connectivity index (χ2v) is 14.4. The van der Waals surface area contributed by atoms with Gasteiger partial charge in [0.25, 0.3) is 0 Å². The van der Waals surface area contributed by atoms with Gasteiger partial charge in [0.2, 0.25) is 23.5 Å². The van der Waals surface area contributed by atoms with E-state index in [0.717, 1.165) is 54.7 Å². The van der Waals surface area contributed by atoms with Crippen molar-refractivity contribution in [3.05, 3.63) is 39.9 Å². The summed E-state index contributed by atoms with van der Waals surface area (Å²) in [4.78, 5) is 24.3. The minimum atomic E-state index is -0.874. The normalized spacial score (nSPS) is 27.5. The van der Waals surface area contributed by atoms with Crippen LogP contribution in [0.15, 0.2) is 16.9 Å². The van der Waals surface area contributed by atoms with E-state index in [-0.39, 0.29) is 35.9 Å². The van der Waals surface area contributed by atoms with Gasteiger partial charge in [-0.05, 0) is 45.6 Å². The van der Waals surface area contributed by atoms with Crippen molar-refractivity contribution >= 4 is 22.3 Å². The molecule has 2 N–H and O–H groups in total. The quantitative estimate of drug-likeness (QED) is 0.306. The van der Waals surface area contributed by atoms with Gasteiger partial charge in [-0.25, -0.2) is 4.39 Å². The van der Waals surface area contributed by atoms with Crippen molar-refractivity contribution in [3.8, 4) is 23.7 Å². The number of nitriles is 1. The lowest BCUT2D eigenvalue weighted by Gasteiger charge is -2.33. The zero-order valence-corrected chi connectivity index (χ0v) is 27.2. The third-order valence-electron chi connectivity index (χ3n) is 10.1. The van der Waals surface area contributed by atoms with Crippen LogP contribution >= 0.6 is 11.3 Å². The van der Waals surface area contributed by atoms with Crippen LogP contribution < -0.4 is 15.4 Å². The summed E-state index contributed by atoms with van der Waals surface area (Å²) in [6.45, 7) is 5.07. The number of rotatable bonds is 7. The molecule has 1 aliphatic carbocycles. The summed E-state index contributed by atoms with van der Waals surface area (Å²) in [5.74, 6) is 1.15. The molecule has 0 aromatic carbocycles. The topological polar surface area (TPSA) is 170 Å². The molecule has 3 fully saturated rings. The number of anilines is 2. The minimum absolute atomic E-state index is 0.118. The number of halogens is 1. The van der Waals surface area contributed by atoms with Crippen LogP contribution in [0.3, 0.4) is 0 Å². The van der Waals surface area contributed by atoms with Crippen LogP contribution in [0.4, 0.5) is 15.3 Å². The molecule has 14 nitrogen and oxygen atoms in total. The van der Waals surface area contributed by atoms with Crippen LogP contribution in [0, 0.1) is 11.3 Å². The summed E-state index contributed by atoms with van der Waals surface area (Å²) in [7, 11) is 1.87. The van der Waals surface area contributed by atoms with E-state index >= 15 is 0 Å². The van der Waals surface area contributed by atoms with Gasteiger partial charge in [-0.1, -0.05) is 5.16 Å². The number of aromatic nitrogens is 7. The predicted octanol–water partition coefficient (Wildman–Crippen LogP) is 3.35. The fourth-order valence-corrected chi connectivity index (χ4v) is 8.98. The highest BCUT2D eigenvalue weighted by atomic mass is 32.1. The molecule has 0 radical (unpaired) electrons. The van der Waals surface area contributed by atoms with Crippen LogP contribution in [0.1, 0.15) is 72.6 Å². The summed E-state index contributed by atoms with van der Waals surface area (Å²) in [5, 5.41) is 19.1. The zero-order chi connectivity index (χ0) is 32.3. The van der Waals surface area contributed by atoms with Gasteiger partial charge in [-0.2, -0.15) is 30.3 Å². The molecule has 8 rings (SSSR count). The van der Waals surface area contributed by atoms with E-state index in [1.165, 1.54) is 11.3 Å². The van der Waals surface area contributed by atoms with Crippen molar-refractivity contribution in [2.45, 2.75) is 68.7 Å². The maximum absolute atomic E-state index is 14.5. The van der Waals surface area contributed by atoms with Gasteiger partial charge in [0, 0.05) is 48.8 Å². The number of ether oxygens (including phenoxy) is 2. The van der Waals surface area contributed by atoms with Gasteiger partial charge in [0.15, 0.2) is 0 Å². The molecule has 4 atom stereocenters. The molecule has 246 valence electrons. The number of aryl methyl sites for hydroxylation is 2. The molecule has 0 amide bonds. The van der Waals surface area contributed by atoms with Crippen molar-refractivity contribution in [3.63, 3.8) is 0 Å². The molecule has 4 aromatic heterocycles. The molecule has 0 bridgehead atoms. The summed E-state index contributed by atoms with van der Waals surface area (Å²) < 4.78 is 34.5. The van der Waals surface area contributed by atoms with Gasteiger partial charge in [-0.3, -0.25) is 9.58 Å². The molecule has 0 saturated carbocycles. The van der Waals surface area contributed by atoms with Gasteiger partial charge < -0.3 is 24.6 Å². The molecule has 4 aliphatic rings. The van der Waals surface area contributed by atoms with Crippen molar-refractivity contribution < 1.29 is 18.4 Å². The SMILES string of the molecule is Cn1cc([C@H]2CN(c3nc(OC[C@@]45CCCN4C[C@H](F)C5)nc(-c4noc([C@@]5(C)CCCc6sc(N)c(C#N)c65)n4)n3)CCO2)cn1. The maximum atomic E-state index is 14.5. The number of nitrogens with zero attached hydrogens (tertiary/aromatic N) is 10. The fraction of sp³-hybridized carbons (Fsp3) is 0.581. The van der Waals surface area contributed by atoms with Crippen molar-refractivity contribution in [2.75, 3.05) is 50.0 Å². The van der Waals surface area contributed by atoms with Crippen LogP contribution in [-0.2, 0) is 23.6 Å². The van der Waals surface area contributed by atoms with E-state index in [1.54, 1.807) is 10.9 Å². The lowest BCUT2D eigenvalue weighted by atomic mass is 9.72. The smallest absolute Gasteiger partial charge is 0.321 e. The number of hydrogen-bond donors (Lipinski definition) is 1. The van der Waals surface area contributed by atoms with Crippen LogP contribution in [-0.4, -0.2) is 90.9 Å². The molecule has 3 saturated heterocycles. The predicted molar refractivity (Wildman–Crippen MR) is 169 cm³/mol. The Balaban J connectivity index is 1.14. The van der Waals surface area contributed by atoms with E-state index < -0.39 is 11.6 Å². The fourth-order valence-electron chi connectivity index (χ4n) is 7.79. The third-order valence-corrected chi connectivity index (χ3v) is 11.2. The Morgan fingerprint density at radius 2 is 2.06 bits per heavy atom. The molecule has 7 heterocycles. The number of nitrogens with two attached hydrogens (primary N) is 1. The Labute approximate surface area is 274 Å². The van der Waals surface area contributed by atoms with E-state index in [1.807, 2.05) is 25.1 Å². The Hall–Kier alpha value is -4.20. The summed E-state index contributed by atoms with van der Waals surface area (Å²) >= 11 is 1.45. The molecule has 0 unspecified atom stereocenters. The van der Waals surface area contributed by atoms with Crippen molar-refractivity contribution in [1.82, 2.24) is 39.8 Å². The highest BCUT2D eigenvalue weighted by Crippen LogP contribution is 2.48. The lowest BCUT2D eigenvalue weighted by molar-refractivity contribution is 0.0390. The molecule has 47 heavy (non-hydrogen) atoms. The number of alkyl halides is 1. The molecule has 16 heteroatoms. The summed E-state index contributed by atoms with van der Waals surface area (Å²) in [5.41, 5.74) is 7.47. The van der Waals surface area contributed by atoms with Crippen LogP contribution in [0.5, 0.6) is 6.01 Å². The highest BCUT2D eigenvalue weighted by Gasteiger charge is 2.49. The summed E-state index contributed by atoms with van der Waals surface area (Å²) in [6.07, 6.45) is 7.40. The Bertz CT molecular complexity index is 1850. The van der Waals surface area contributed by atoms with E-state index in [9.17, 15) is 9.65 Å². The minimum Gasteiger partial charge on any atom is -0.461 e. The molecule has 3 aliphatic heterocycles. The third kappa shape index (κ3) is 5.20. The van der Waals surface area contributed by atoms with E-state index in [0.29, 0.717) is 55.1 Å². The highest BCUT2D eigenvalue weighted by molar-refractivity contribution is 7.16. The van der Waals surface area contributed by atoms with E-state index in [4.69, 9.17) is 34.7 Å². The molecule has 0 spiro atoms. The van der Waals surface area contributed by atoms with Gasteiger partial charge in [-0.15, -0.1) is 11.3 Å². The number of hydrogen-bond acceptors (Lipinski definition) is 14. The van der Waals surface area contributed by atoms with Crippen LogP contribution in [0.2, 0.25) is 0 Å². The largest absolute Gasteiger partial charge is 0.461 e. The second-order valence-electron chi connectivity index (χ2n) is 13.2. The number of morpholine rings is 1. The Morgan fingerprint density at radius 3 is 2.89 bits per heavy atom. The maximum Gasteiger partial charge on any atom is 0.321 e. The van der Waals surface area contributed by atoms with E-state index in [2.05, 4.69) is 26.2 Å². The lowest BCUT2D eigenvalue weighted by Crippen LogP contribution is -2.43. The first-order valence-corrected chi connectivity index (χ1v) is 16.9. The van der Waals surface area contributed by atoms with Crippen molar-refractivity contribution in [1.29, 1.82) is 5.26 Å². The Morgan fingerprint density at radius 1 is 1.17 bits per heavy atom. The average molecular weight is 662 g/mol. The van der Waals surface area contributed by atoms with Crippen molar-refractivity contribution in [2.24, 2.45) is 7.05 Å². The molecular formula is C31H36FN11O3S. The standard InChI is InChI=1S/C31H36FN11O3S/c1-30(6-3-5-22-23(30)20(12-33)24(34)47-22)27-36-26(40-46-27)25-37-28(42-9-10-44-21(16-42)18-13-35-41(2)14-18)39-29(38-25)45-17-31-7-4-8-43(31)15-19(32)11-31/h13-14,19,21H,3-11,15-17,34H2,1-2H3/t19-,21-,30+,31+/m1/s1. The number of thiophene rings is 1. The molecule has 4 aromatic rings. The average Bonchev–Trinajstić information content (AvgIpc) is 3.89. The number of fused-ring (bicyclic) bond motifs is 2. The first-order valence-electron chi connectivity index (χ1n) is 16.0. The first kappa shape index (κ1) is 30.2.